The predicted molar refractivity (Wildman–Crippen MR) is 59.8 cm³/mol. The van der Waals surface area contributed by atoms with E-state index in [1.54, 1.807) is 19.1 Å². The smallest absolute Gasteiger partial charge is 0.416 e. The number of halogens is 3. The third-order valence-corrected chi connectivity index (χ3v) is 2.61. The van der Waals surface area contributed by atoms with Crippen LogP contribution in [-0.2, 0) is 12.8 Å². The molecule has 1 aromatic heterocycles. The molecule has 0 atom stereocenters. The lowest BCUT2D eigenvalue weighted by atomic mass is 10.0. The number of aliphatic hydroxyl groups excluding tert-OH is 1. The van der Waals surface area contributed by atoms with Crippen molar-refractivity contribution in [3.05, 3.63) is 47.2 Å². The van der Waals surface area contributed by atoms with Crippen molar-refractivity contribution in [3.63, 3.8) is 0 Å². The number of aliphatic hydroxyl groups is 1. The van der Waals surface area contributed by atoms with E-state index < -0.39 is 18.3 Å². The lowest BCUT2D eigenvalue weighted by Gasteiger charge is -2.12. The quantitative estimate of drug-likeness (QED) is 0.887. The first-order chi connectivity index (χ1) is 8.41. The van der Waals surface area contributed by atoms with Crippen LogP contribution < -0.4 is 0 Å². The molecule has 1 aromatic carbocycles. The molecular weight excluding hydrogens is 245 g/mol. The summed E-state index contributed by atoms with van der Waals surface area (Å²) in [6.07, 6.45) is -4.49. The van der Waals surface area contributed by atoms with Crippen molar-refractivity contribution in [2.24, 2.45) is 0 Å². The third kappa shape index (κ3) is 2.41. The number of alkyl halides is 3. The van der Waals surface area contributed by atoms with Gasteiger partial charge in [0, 0.05) is 5.56 Å². The van der Waals surface area contributed by atoms with Crippen molar-refractivity contribution in [2.45, 2.75) is 19.7 Å². The first-order valence-corrected chi connectivity index (χ1v) is 5.29. The van der Waals surface area contributed by atoms with Crippen molar-refractivity contribution in [3.8, 4) is 11.3 Å². The van der Waals surface area contributed by atoms with Gasteiger partial charge in [0.2, 0.25) is 0 Å². The number of benzene rings is 1. The molecule has 0 aliphatic carbocycles. The second-order valence-corrected chi connectivity index (χ2v) is 3.94. The lowest BCUT2D eigenvalue weighted by molar-refractivity contribution is -0.138. The molecule has 0 amide bonds. The molecule has 2 aromatic rings. The molecule has 0 radical (unpaired) electrons. The largest absolute Gasteiger partial charge is 0.461 e. The van der Waals surface area contributed by atoms with Gasteiger partial charge in [0.15, 0.2) is 0 Å². The van der Waals surface area contributed by atoms with E-state index >= 15 is 0 Å². The van der Waals surface area contributed by atoms with Crippen molar-refractivity contribution in [1.82, 2.24) is 0 Å². The van der Waals surface area contributed by atoms with E-state index in [1.165, 1.54) is 12.1 Å². The second kappa shape index (κ2) is 4.49. The number of aryl methyl sites for hydroxylation is 1. The Labute approximate surface area is 102 Å². The Morgan fingerprint density at radius 2 is 1.89 bits per heavy atom. The van der Waals surface area contributed by atoms with Crippen LogP contribution in [0.15, 0.2) is 34.7 Å². The van der Waals surface area contributed by atoms with E-state index in [9.17, 15) is 13.2 Å². The molecule has 0 unspecified atom stereocenters. The molecular formula is C13H11F3O2. The molecule has 5 heteroatoms. The number of rotatable bonds is 2. The Balaban J connectivity index is 2.52. The molecule has 96 valence electrons. The van der Waals surface area contributed by atoms with E-state index in [0.717, 1.165) is 6.07 Å². The maximum absolute atomic E-state index is 12.8. The Hall–Kier alpha value is -1.75. The van der Waals surface area contributed by atoms with Crippen LogP contribution in [-0.4, -0.2) is 5.11 Å². The minimum absolute atomic E-state index is 0.144. The van der Waals surface area contributed by atoms with Crippen molar-refractivity contribution in [2.75, 3.05) is 0 Å². The molecule has 18 heavy (non-hydrogen) atoms. The molecule has 0 spiro atoms. The fraction of sp³-hybridized carbons (Fsp3) is 0.231. The van der Waals surface area contributed by atoms with Gasteiger partial charge in [0.05, 0.1) is 12.2 Å². The van der Waals surface area contributed by atoms with E-state index in [2.05, 4.69) is 0 Å². The van der Waals surface area contributed by atoms with Crippen molar-refractivity contribution in [1.29, 1.82) is 0 Å². The fourth-order valence-electron chi connectivity index (χ4n) is 1.72. The van der Waals surface area contributed by atoms with Gasteiger partial charge < -0.3 is 9.52 Å². The summed E-state index contributed by atoms with van der Waals surface area (Å²) in [7, 11) is 0. The third-order valence-electron chi connectivity index (χ3n) is 2.61. The maximum Gasteiger partial charge on any atom is 0.416 e. The topological polar surface area (TPSA) is 33.4 Å². The Kier molecular flexibility index (Phi) is 3.17. The highest BCUT2D eigenvalue weighted by molar-refractivity contribution is 5.60. The van der Waals surface area contributed by atoms with Gasteiger partial charge >= 0.3 is 6.18 Å². The van der Waals surface area contributed by atoms with Gasteiger partial charge in [-0.25, -0.2) is 0 Å². The monoisotopic (exact) mass is 256 g/mol. The highest BCUT2D eigenvalue weighted by Gasteiger charge is 2.33. The molecule has 0 saturated carbocycles. The summed E-state index contributed by atoms with van der Waals surface area (Å²) >= 11 is 0. The van der Waals surface area contributed by atoms with Gasteiger partial charge in [-0.15, -0.1) is 0 Å². The number of hydrogen-bond acceptors (Lipinski definition) is 2. The summed E-state index contributed by atoms with van der Waals surface area (Å²) < 4.78 is 43.7. The van der Waals surface area contributed by atoms with Gasteiger partial charge in [-0.2, -0.15) is 13.2 Å². The van der Waals surface area contributed by atoms with Gasteiger partial charge in [0.25, 0.3) is 0 Å². The van der Waals surface area contributed by atoms with Crippen LogP contribution in [0.4, 0.5) is 13.2 Å². The average Bonchev–Trinajstić information content (AvgIpc) is 2.74. The van der Waals surface area contributed by atoms with Crippen molar-refractivity contribution < 1.29 is 22.7 Å². The summed E-state index contributed by atoms with van der Waals surface area (Å²) in [5.41, 5.74) is -0.640. The number of hydrogen-bond donors (Lipinski definition) is 1. The predicted octanol–water partition coefficient (Wildman–Crippen LogP) is 3.77. The zero-order chi connectivity index (χ0) is 13.3. The van der Waals surface area contributed by atoms with Gasteiger partial charge in [-0.1, -0.05) is 12.1 Å². The van der Waals surface area contributed by atoms with Gasteiger partial charge in [0.1, 0.15) is 11.5 Å². The van der Waals surface area contributed by atoms with Crippen molar-refractivity contribution >= 4 is 0 Å². The first-order valence-electron chi connectivity index (χ1n) is 5.29. The molecule has 0 saturated heterocycles. The van der Waals surface area contributed by atoms with Crippen LogP contribution in [0.25, 0.3) is 11.3 Å². The second-order valence-electron chi connectivity index (χ2n) is 3.94. The van der Waals surface area contributed by atoms with Crippen LogP contribution in [0.3, 0.4) is 0 Å². The normalized spacial score (nSPS) is 11.8. The Bertz CT molecular complexity index is 556. The van der Waals surface area contributed by atoms with Crippen LogP contribution in [0.1, 0.15) is 16.9 Å². The van der Waals surface area contributed by atoms with Crippen LogP contribution >= 0.6 is 0 Å². The highest BCUT2D eigenvalue weighted by Crippen LogP contribution is 2.35. The maximum atomic E-state index is 12.8. The Morgan fingerprint density at radius 3 is 2.39 bits per heavy atom. The zero-order valence-electron chi connectivity index (χ0n) is 9.58. The first kappa shape index (κ1) is 12.7. The van der Waals surface area contributed by atoms with Crippen LogP contribution in [0, 0.1) is 6.92 Å². The minimum Gasteiger partial charge on any atom is -0.461 e. The lowest BCUT2D eigenvalue weighted by Crippen LogP contribution is -2.09. The molecule has 0 bridgehead atoms. The van der Waals surface area contributed by atoms with Gasteiger partial charge in [-0.3, -0.25) is 0 Å². The molecule has 2 nitrogen and oxygen atoms in total. The van der Waals surface area contributed by atoms with Gasteiger partial charge in [-0.05, 0) is 30.7 Å². The number of furan rings is 1. The molecule has 1 N–H and O–H groups in total. The van der Waals surface area contributed by atoms with E-state index in [4.69, 9.17) is 9.52 Å². The SMILES string of the molecule is Cc1ccc(-c2ccc(CO)c(C(F)(F)F)c2)o1. The van der Waals surface area contributed by atoms with E-state index in [0.29, 0.717) is 17.1 Å². The Morgan fingerprint density at radius 1 is 1.17 bits per heavy atom. The average molecular weight is 256 g/mol. The molecule has 0 fully saturated rings. The zero-order valence-corrected chi connectivity index (χ0v) is 9.58. The summed E-state index contributed by atoms with van der Waals surface area (Å²) in [6.45, 7) is 1.07. The summed E-state index contributed by atoms with van der Waals surface area (Å²) in [6, 6.07) is 7.05. The summed E-state index contributed by atoms with van der Waals surface area (Å²) in [4.78, 5) is 0. The summed E-state index contributed by atoms with van der Waals surface area (Å²) in [5.74, 6) is 1.01. The molecule has 1 heterocycles. The molecule has 0 aliphatic rings. The minimum atomic E-state index is -4.49. The fourth-order valence-corrected chi connectivity index (χ4v) is 1.72. The molecule has 2 rings (SSSR count). The van der Waals surface area contributed by atoms with Crippen LogP contribution in [0.2, 0.25) is 0 Å². The van der Waals surface area contributed by atoms with Crippen LogP contribution in [0.5, 0.6) is 0 Å². The van der Waals surface area contributed by atoms with E-state index in [-0.39, 0.29) is 5.56 Å². The standard InChI is InChI=1S/C13H11F3O2/c1-8-2-5-12(18-8)9-3-4-10(7-17)11(6-9)13(14,15)16/h2-6,17H,7H2,1H3. The van der Waals surface area contributed by atoms with E-state index in [1.807, 2.05) is 0 Å². The summed E-state index contributed by atoms with van der Waals surface area (Å²) in [5, 5.41) is 8.92. The highest BCUT2D eigenvalue weighted by atomic mass is 19.4. The molecule has 0 aliphatic heterocycles.